The molecular formula is C22H32O4. The number of benzene rings is 2. The fourth-order valence-electron chi connectivity index (χ4n) is 3.36. The van der Waals surface area contributed by atoms with Gasteiger partial charge in [-0.15, -0.1) is 0 Å². The first-order valence-corrected chi connectivity index (χ1v) is 9.42. The molecule has 4 atom stereocenters. The molecule has 2 rings (SSSR count). The lowest BCUT2D eigenvalue weighted by Gasteiger charge is -2.23. The van der Waals surface area contributed by atoms with Crippen LogP contribution in [-0.2, 0) is 0 Å². The Bertz CT molecular complexity index is 677. The maximum atomic E-state index is 9.75. The second-order valence-corrected chi connectivity index (χ2v) is 7.65. The molecule has 0 aliphatic carbocycles. The Hall–Kier alpha value is -1.46. The summed E-state index contributed by atoms with van der Waals surface area (Å²) in [7, 11) is 0. The zero-order valence-electron chi connectivity index (χ0n) is 16.2. The van der Waals surface area contributed by atoms with E-state index in [2.05, 4.69) is 24.3 Å². The van der Waals surface area contributed by atoms with Crippen molar-refractivity contribution in [3.8, 4) is 0 Å². The molecule has 0 aliphatic heterocycles. The zero-order chi connectivity index (χ0) is 19.4. The van der Waals surface area contributed by atoms with Crippen molar-refractivity contribution in [1.82, 2.24) is 0 Å². The van der Waals surface area contributed by atoms with Crippen LogP contribution in [0.1, 0.15) is 73.6 Å². The summed E-state index contributed by atoms with van der Waals surface area (Å²) in [6, 6.07) is 8.34. The second kappa shape index (κ2) is 8.96. The molecule has 0 heterocycles. The molecule has 26 heavy (non-hydrogen) atoms. The fraction of sp³-hybridized carbons (Fsp3) is 0.545. The molecule has 0 bridgehead atoms. The van der Waals surface area contributed by atoms with Crippen molar-refractivity contribution in [2.24, 2.45) is 0 Å². The monoisotopic (exact) mass is 360 g/mol. The third-order valence-corrected chi connectivity index (χ3v) is 5.47. The lowest BCUT2D eigenvalue weighted by atomic mass is 9.83. The Morgan fingerprint density at radius 2 is 0.846 bits per heavy atom. The van der Waals surface area contributed by atoms with E-state index in [1.165, 1.54) is 0 Å². The van der Waals surface area contributed by atoms with Gasteiger partial charge in [-0.3, -0.25) is 0 Å². The summed E-state index contributed by atoms with van der Waals surface area (Å²) in [5.74, 6) is -0.0876. The van der Waals surface area contributed by atoms with Crippen molar-refractivity contribution in [1.29, 1.82) is 0 Å². The Balaban J connectivity index is 2.88. The Morgan fingerprint density at radius 3 is 1.12 bits per heavy atom. The van der Waals surface area contributed by atoms with Crippen molar-refractivity contribution >= 4 is 10.8 Å². The van der Waals surface area contributed by atoms with Crippen LogP contribution in [0.3, 0.4) is 0 Å². The molecule has 4 heteroatoms. The highest BCUT2D eigenvalue weighted by Gasteiger charge is 2.19. The lowest BCUT2D eigenvalue weighted by molar-refractivity contribution is 0.269. The molecule has 4 N–H and O–H groups in total. The quantitative estimate of drug-likeness (QED) is 0.583. The number of rotatable bonds is 8. The summed E-state index contributed by atoms with van der Waals surface area (Å²) >= 11 is 0. The second-order valence-electron chi connectivity index (χ2n) is 7.65. The van der Waals surface area contributed by atoms with E-state index in [0.717, 1.165) is 33.0 Å². The van der Waals surface area contributed by atoms with E-state index in [9.17, 15) is 20.4 Å². The van der Waals surface area contributed by atoms with Crippen molar-refractivity contribution in [2.45, 2.75) is 51.4 Å². The predicted molar refractivity (Wildman–Crippen MR) is 106 cm³/mol. The summed E-state index contributed by atoms with van der Waals surface area (Å²) in [6.45, 7) is 8.12. The van der Waals surface area contributed by atoms with Gasteiger partial charge in [0, 0.05) is 50.1 Å². The highest BCUT2D eigenvalue weighted by Crippen LogP contribution is 2.37. The molecule has 0 spiro atoms. The number of fused-ring (bicyclic) bond motifs is 1. The van der Waals surface area contributed by atoms with Gasteiger partial charge in [0.25, 0.3) is 0 Å². The summed E-state index contributed by atoms with van der Waals surface area (Å²) in [4.78, 5) is 0. The van der Waals surface area contributed by atoms with Crippen LogP contribution in [0.5, 0.6) is 0 Å². The van der Waals surface area contributed by atoms with Crippen molar-refractivity contribution in [3.63, 3.8) is 0 Å². The Labute approximate surface area is 156 Å². The van der Waals surface area contributed by atoms with Crippen LogP contribution in [0.25, 0.3) is 10.8 Å². The van der Waals surface area contributed by atoms with Crippen molar-refractivity contribution < 1.29 is 20.4 Å². The van der Waals surface area contributed by atoms with Crippen LogP contribution in [0.15, 0.2) is 24.3 Å². The number of aliphatic hydroxyl groups is 4. The van der Waals surface area contributed by atoms with Crippen LogP contribution in [-0.4, -0.2) is 46.9 Å². The van der Waals surface area contributed by atoms with E-state index in [1.807, 2.05) is 27.7 Å². The molecule has 0 saturated carbocycles. The molecule has 0 aromatic heterocycles. The van der Waals surface area contributed by atoms with E-state index in [0.29, 0.717) is 0 Å². The van der Waals surface area contributed by atoms with Gasteiger partial charge in [0.15, 0.2) is 0 Å². The van der Waals surface area contributed by atoms with Gasteiger partial charge in [-0.1, -0.05) is 52.0 Å². The largest absolute Gasteiger partial charge is 0.396 e. The summed E-state index contributed by atoms with van der Waals surface area (Å²) in [5, 5.41) is 40.8. The topological polar surface area (TPSA) is 80.9 Å². The molecule has 0 saturated heterocycles. The molecule has 0 fully saturated rings. The Morgan fingerprint density at radius 1 is 0.538 bits per heavy atom. The minimum Gasteiger partial charge on any atom is -0.396 e. The first-order chi connectivity index (χ1) is 12.4. The highest BCUT2D eigenvalue weighted by molar-refractivity contribution is 5.91. The van der Waals surface area contributed by atoms with Crippen LogP contribution < -0.4 is 0 Å². The molecule has 4 nitrogen and oxygen atoms in total. The average molecular weight is 360 g/mol. The molecule has 0 amide bonds. The number of hydrogen-bond donors (Lipinski definition) is 4. The van der Waals surface area contributed by atoms with Crippen LogP contribution in [0.2, 0.25) is 0 Å². The summed E-state index contributed by atoms with van der Waals surface area (Å²) in [6.07, 6.45) is 0. The minimum absolute atomic E-state index is 0.00244. The van der Waals surface area contributed by atoms with E-state index < -0.39 is 0 Å². The Kier molecular flexibility index (Phi) is 7.18. The summed E-state index contributed by atoms with van der Waals surface area (Å²) in [5.41, 5.74) is 4.15. The predicted octanol–water partition coefficient (Wildman–Crippen LogP) is 3.22. The van der Waals surface area contributed by atoms with Gasteiger partial charge >= 0.3 is 0 Å². The van der Waals surface area contributed by atoms with E-state index in [4.69, 9.17) is 0 Å². The van der Waals surface area contributed by atoms with Crippen LogP contribution in [0, 0.1) is 0 Å². The standard InChI is InChI=1S/C22H32O4/c1-13(9-23)17-5-19(15(3)11-25)22-8-18(14(2)10-24)6-20(16(4)12-26)21(22)7-17/h5-8,13-16,23-26H,9-12H2,1-4H3. The molecule has 2 aromatic rings. The molecule has 4 unspecified atom stereocenters. The van der Waals surface area contributed by atoms with E-state index >= 15 is 0 Å². The highest BCUT2D eigenvalue weighted by atomic mass is 16.3. The molecule has 0 aliphatic rings. The third kappa shape index (κ3) is 4.09. The minimum atomic E-state index is -0.0414. The van der Waals surface area contributed by atoms with Crippen LogP contribution in [0.4, 0.5) is 0 Å². The number of aliphatic hydroxyl groups excluding tert-OH is 4. The lowest BCUT2D eigenvalue weighted by Crippen LogP contribution is -2.09. The average Bonchev–Trinajstić information content (AvgIpc) is 2.69. The zero-order valence-corrected chi connectivity index (χ0v) is 16.2. The first kappa shape index (κ1) is 20.8. The van der Waals surface area contributed by atoms with E-state index in [1.54, 1.807) is 0 Å². The van der Waals surface area contributed by atoms with Gasteiger partial charge in [0.1, 0.15) is 0 Å². The summed E-state index contributed by atoms with van der Waals surface area (Å²) < 4.78 is 0. The maximum Gasteiger partial charge on any atom is 0.0497 e. The van der Waals surface area contributed by atoms with Crippen molar-refractivity contribution in [2.75, 3.05) is 26.4 Å². The van der Waals surface area contributed by atoms with Gasteiger partial charge in [0.2, 0.25) is 0 Å². The fourth-order valence-corrected chi connectivity index (χ4v) is 3.36. The molecule has 2 aromatic carbocycles. The molecular weight excluding hydrogens is 328 g/mol. The molecule has 144 valence electrons. The number of hydrogen-bond acceptors (Lipinski definition) is 4. The van der Waals surface area contributed by atoms with Crippen molar-refractivity contribution in [3.05, 3.63) is 46.5 Å². The molecule has 0 radical (unpaired) electrons. The maximum absolute atomic E-state index is 9.75. The van der Waals surface area contributed by atoms with Gasteiger partial charge < -0.3 is 20.4 Å². The first-order valence-electron chi connectivity index (χ1n) is 9.42. The van der Waals surface area contributed by atoms with Crippen LogP contribution >= 0.6 is 0 Å². The van der Waals surface area contributed by atoms with Gasteiger partial charge in [-0.05, 0) is 33.0 Å². The van der Waals surface area contributed by atoms with Gasteiger partial charge in [-0.2, -0.15) is 0 Å². The SMILES string of the molecule is CC(CO)c1cc(C(C)CO)c2cc(C(C)CO)cc(C(C)CO)c2c1. The van der Waals surface area contributed by atoms with Gasteiger partial charge in [-0.25, -0.2) is 0 Å². The van der Waals surface area contributed by atoms with Gasteiger partial charge in [0.05, 0.1) is 0 Å². The van der Waals surface area contributed by atoms with E-state index in [-0.39, 0.29) is 50.1 Å². The normalized spacial score (nSPS) is 16.5. The third-order valence-electron chi connectivity index (χ3n) is 5.47. The smallest absolute Gasteiger partial charge is 0.0497 e.